The Labute approximate surface area is 160 Å². The Kier molecular flexibility index (Phi) is 5.09. The van der Waals surface area contributed by atoms with Crippen LogP contribution in [0.3, 0.4) is 0 Å². The van der Waals surface area contributed by atoms with E-state index in [0.717, 1.165) is 34.4 Å². The Bertz CT molecular complexity index is 980. The maximum Gasteiger partial charge on any atom is 0.251 e. The number of allylic oxidation sites excluding steroid dienone is 2. The molecule has 0 saturated carbocycles. The Morgan fingerprint density at radius 3 is 2.67 bits per heavy atom. The van der Waals surface area contributed by atoms with Gasteiger partial charge in [0.1, 0.15) is 5.75 Å². The average Bonchev–Trinajstić information content (AvgIpc) is 2.58. The van der Waals surface area contributed by atoms with Gasteiger partial charge >= 0.3 is 0 Å². The van der Waals surface area contributed by atoms with Gasteiger partial charge < -0.3 is 10.1 Å². The molecule has 1 aromatic heterocycles. The maximum absolute atomic E-state index is 12.7. The molecule has 1 heterocycles. The smallest absolute Gasteiger partial charge is 0.251 e. The van der Waals surface area contributed by atoms with Gasteiger partial charge in [-0.05, 0) is 54.7 Å². The zero-order chi connectivity index (χ0) is 19.8. The predicted octanol–water partition coefficient (Wildman–Crippen LogP) is 4.11. The van der Waals surface area contributed by atoms with Gasteiger partial charge in [0, 0.05) is 29.5 Å². The monoisotopic (exact) mass is 365 g/mol. The molecule has 4 nitrogen and oxygen atoms in total. The van der Waals surface area contributed by atoms with Crippen LogP contribution in [0.2, 0.25) is 0 Å². The summed E-state index contributed by atoms with van der Waals surface area (Å²) >= 11 is 0. The first-order valence-electron chi connectivity index (χ1n) is 9.46. The number of rotatable bonds is 4. The van der Waals surface area contributed by atoms with Crippen molar-refractivity contribution in [2.24, 2.45) is 0 Å². The Morgan fingerprint density at radius 1 is 1.26 bits per heavy atom. The van der Waals surface area contributed by atoms with E-state index in [1.807, 2.05) is 32.0 Å². The first kappa shape index (κ1) is 19.2. The molecule has 0 unspecified atom stereocenters. The van der Waals surface area contributed by atoms with Crippen molar-refractivity contribution >= 4 is 5.78 Å². The van der Waals surface area contributed by atoms with Crippen LogP contribution in [0.4, 0.5) is 0 Å². The van der Waals surface area contributed by atoms with E-state index in [1.165, 1.54) is 0 Å². The van der Waals surface area contributed by atoms with E-state index in [1.54, 1.807) is 12.1 Å². The van der Waals surface area contributed by atoms with Crippen LogP contribution in [0.1, 0.15) is 61.6 Å². The van der Waals surface area contributed by atoms with Crippen molar-refractivity contribution in [1.82, 2.24) is 4.98 Å². The fourth-order valence-electron chi connectivity index (χ4n) is 3.92. The number of aromatic hydroxyl groups is 1. The largest absolute Gasteiger partial charge is 0.508 e. The number of fused-ring (bicyclic) bond motifs is 1. The number of carbonyl (C=O) groups is 1. The molecule has 1 aromatic carbocycles. The first-order chi connectivity index (χ1) is 12.7. The van der Waals surface area contributed by atoms with E-state index in [-0.39, 0.29) is 22.5 Å². The second-order valence-corrected chi connectivity index (χ2v) is 8.19. The van der Waals surface area contributed by atoms with E-state index < -0.39 is 0 Å². The van der Waals surface area contributed by atoms with E-state index in [4.69, 9.17) is 0 Å². The highest BCUT2D eigenvalue weighted by Crippen LogP contribution is 2.38. The van der Waals surface area contributed by atoms with Crippen LogP contribution >= 0.6 is 0 Å². The third-order valence-electron chi connectivity index (χ3n) is 5.30. The van der Waals surface area contributed by atoms with E-state index in [9.17, 15) is 14.7 Å². The van der Waals surface area contributed by atoms with Crippen LogP contribution in [0.15, 0.2) is 40.7 Å². The summed E-state index contributed by atoms with van der Waals surface area (Å²) in [4.78, 5) is 27.6. The van der Waals surface area contributed by atoms with Crippen molar-refractivity contribution in [1.29, 1.82) is 0 Å². The second kappa shape index (κ2) is 7.18. The van der Waals surface area contributed by atoms with Crippen LogP contribution in [-0.4, -0.2) is 15.9 Å². The minimum atomic E-state index is -0.225. The molecular weight excluding hydrogens is 338 g/mol. The second-order valence-electron chi connectivity index (χ2n) is 8.19. The van der Waals surface area contributed by atoms with Crippen molar-refractivity contribution in [2.45, 2.75) is 58.8 Å². The summed E-state index contributed by atoms with van der Waals surface area (Å²) in [6.45, 7) is 7.97. The molecular formula is C23H27NO3. The summed E-state index contributed by atoms with van der Waals surface area (Å²) in [7, 11) is 0. The molecule has 0 radical (unpaired) electrons. The molecule has 3 rings (SSSR count). The quantitative estimate of drug-likeness (QED) is 0.801. The number of phenolic OH excluding ortho intramolecular Hbond substituents is 1. The van der Waals surface area contributed by atoms with Crippen LogP contribution in [0.25, 0.3) is 0 Å². The van der Waals surface area contributed by atoms with Crippen molar-refractivity contribution in [3.8, 4) is 5.75 Å². The number of hydrogen-bond acceptors (Lipinski definition) is 3. The average molecular weight is 365 g/mol. The minimum Gasteiger partial charge on any atom is -0.508 e. The van der Waals surface area contributed by atoms with Gasteiger partial charge in [0.15, 0.2) is 5.78 Å². The SMILES string of the molecule is CCC(=O)/C=C1/Cc2cc(Cc3ccc(C)cc3O)c(=O)[nH]c2C(C)(C)C1. The summed E-state index contributed by atoms with van der Waals surface area (Å²) in [6, 6.07) is 7.45. The summed E-state index contributed by atoms with van der Waals surface area (Å²) in [5.74, 6) is 0.347. The maximum atomic E-state index is 12.7. The summed E-state index contributed by atoms with van der Waals surface area (Å²) in [5.41, 5.74) is 5.12. The summed E-state index contributed by atoms with van der Waals surface area (Å²) < 4.78 is 0. The van der Waals surface area contributed by atoms with Gasteiger partial charge in [-0.15, -0.1) is 0 Å². The van der Waals surface area contributed by atoms with Crippen LogP contribution < -0.4 is 5.56 Å². The van der Waals surface area contributed by atoms with Crippen molar-refractivity contribution in [3.05, 3.63) is 74.2 Å². The lowest BCUT2D eigenvalue weighted by molar-refractivity contribution is -0.114. The molecule has 0 fully saturated rings. The van der Waals surface area contributed by atoms with Gasteiger partial charge in [-0.2, -0.15) is 0 Å². The third kappa shape index (κ3) is 4.05. The predicted molar refractivity (Wildman–Crippen MR) is 107 cm³/mol. The number of pyridine rings is 1. The van der Waals surface area contributed by atoms with E-state index in [2.05, 4.69) is 18.8 Å². The molecule has 4 heteroatoms. The number of ketones is 1. The molecule has 0 spiro atoms. The molecule has 0 aliphatic heterocycles. The number of benzene rings is 1. The van der Waals surface area contributed by atoms with Gasteiger partial charge in [-0.1, -0.05) is 38.5 Å². The van der Waals surface area contributed by atoms with Crippen molar-refractivity contribution in [3.63, 3.8) is 0 Å². The Balaban J connectivity index is 2.01. The fraction of sp³-hybridized carbons (Fsp3) is 0.391. The van der Waals surface area contributed by atoms with Gasteiger partial charge in [-0.25, -0.2) is 0 Å². The zero-order valence-corrected chi connectivity index (χ0v) is 16.5. The molecule has 1 aliphatic rings. The van der Waals surface area contributed by atoms with Gasteiger partial charge in [0.05, 0.1) is 0 Å². The van der Waals surface area contributed by atoms with Crippen LogP contribution in [-0.2, 0) is 23.1 Å². The first-order valence-corrected chi connectivity index (χ1v) is 9.46. The number of nitrogens with one attached hydrogen (secondary N) is 1. The molecule has 0 atom stereocenters. The highest BCUT2D eigenvalue weighted by atomic mass is 16.3. The highest BCUT2D eigenvalue weighted by Gasteiger charge is 2.31. The van der Waals surface area contributed by atoms with Gasteiger partial charge in [-0.3, -0.25) is 9.59 Å². The number of aryl methyl sites for hydroxylation is 1. The number of carbonyl (C=O) groups excluding carboxylic acids is 1. The number of aromatic nitrogens is 1. The number of aromatic amines is 1. The summed E-state index contributed by atoms with van der Waals surface area (Å²) in [5, 5.41) is 10.2. The number of hydrogen-bond donors (Lipinski definition) is 2. The van der Waals surface area contributed by atoms with Crippen molar-refractivity contribution in [2.75, 3.05) is 0 Å². The van der Waals surface area contributed by atoms with Crippen LogP contribution in [0, 0.1) is 6.92 Å². The molecule has 0 saturated heterocycles. The lowest BCUT2D eigenvalue weighted by atomic mass is 9.73. The van der Waals surface area contributed by atoms with E-state index >= 15 is 0 Å². The van der Waals surface area contributed by atoms with Gasteiger partial charge in [0.25, 0.3) is 5.56 Å². The Morgan fingerprint density at radius 2 is 2.00 bits per heavy atom. The molecule has 0 bridgehead atoms. The Hall–Kier alpha value is -2.62. The normalized spacial score (nSPS) is 17.0. The molecule has 2 N–H and O–H groups in total. The molecule has 2 aromatic rings. The fourth-order valence-corrected chi connectivity index (χ4v) is 3.92. The zero-order valence-electron chi connectivity index (χ0n) is 16.5. The third-order valence-corrected chi connectivity index (χ3v) is 5.30. The van der Waals surface area contributed by atoms with Crippen LogP contribution in [0.5, 0.6) is 5.75 Å². The lowest BCUT2D eigenvalue weighted by Gasteiger charge is -2.33. The van der Waals surface area contributed by atoms with Gasteiger partial charge in [0.2, 0.25) is 0 Å². The molecule has 27 heavy (non-hydrogen) atoms. The molecule has 1 aliphatic carbocycles. The molecule has 0 amide bonds. The molecule has 142 valence electrons. The number of phenols is 1. The van der Waals surface area contributed by atoms with Crippen molar-refractivity contribution < 1.29 is 9.90 Å². The minimum absolute atomic E-state index is 0.112. The highest BCUT2D eigenvalue weighted by molar-refractivity contribution is 5.90. The lowest BCUT2D eigenvalue weighted by Crippen LogP contribution is -2.31. The van der Waals surface area contributed by atoms with E-state index in [0.29, 0.717) is 24.8 Å². The standard InChI is InChI=1S/C23H27NO3/c1-5-19(25)10-15-9-17-12-18(11-16-7-6-14(2)8-20(16)26)22(27)24-21(17)23(3,4)13-15/h6-8,10,12,26H,5,9,11,13H2,1-4H3,(H,24,27)/b15-10-. The number of H-pyrrole nitrogens is 1. The topological polar surface area (TPSA) is 70.2 Å². The summed E-state index contributed by atoms with van der Waals surface area (Å²) in [6.07, 6.45) is 4.08.